The van der Waals surface area contributed by atoms with Crippen molar-refractivity contribution in [1.82, 2.24) is 9.47 Å². The topological polar surface area (TPSA) is 123 Å². The standard InChI is InChI=1S/C14H19N3O6/c1-15(9-7-14(20)21)12(18)4-2-3-8-16-10-11(17(22)23)5-6-13(16)19/h5-6,10H,2-4,7-9H2,1H3,(H,20,21). The Morgan fingerprint density at radius 1 is 1.30 bits per heavy atom. The van der Waals surface area contributed by atoms with Crippen molar-refractivity contribution in [3.05, 3.63) is 38.8 Å². The normalized spacial score (nSPS) is 10.3. The van der Waals surface area contributed by atoms with Gasteiger partial charge in [-0.15, -0.1) is 0 Å². The number of amides is 1. The van der Waals surface area contributed by atoms with E-state index in [0.29, 0.717) is 12.8 Å². The van der Waals surface area contributed by atoms with Gasteiger partial charge in [0, 0.05) is 38.7 Å². The smallest absolute Gasteiger partial charge is 0.305 e. The summed E-state index contributed by atoms with van der Waals surface area (Å²) in [5.74, 6) is -1.13. The first-order valence-electron chi connectivity index (χ1n) is 7.12. The lowest BCUT2D eigenvalue weighted by molar-refractivity contribution is -0.385. The summed E-state index contributed by atoms with van der Waals surface area (Å²) in [5, 5.41) is 19.2. The zero-order valence-electron chi connectivity index (χ0n) is 12.8. The van der Waals surface area contributed by atoms with Crippen molar-refractivity contribution in [2.45, 2.75) is 32.2 Å². The van der Waals surface area contributed by atoms with E-state index in [2.05, 4.69) is 0 Å². The van der Waals surface area contributed by atoms with Crippen LogP contribution < -0.4 is 5.56 Å². The van der Waals surface area contributed by atoms with Gasteiger partial charge in [0.05, 0.1) is 17.5 Å². The third kappa shape index (κ3) is 6.29. The minimum atomic E-state index is -0.963. The zero-order chi connectivity index (χ0) is 17.4. The van der Waals surface area contributed by atoms with Crippen LogP contribution in [0.4, 0.5) is 5.69 Å². The molecule has 9 nitrogen and oxygen atoms in total. The molecule has 126 valence electrons. The molecule has 0 aliphatic heterocycles. The van der Waals surface area contributed by atoms with Crippen molar-refractivity contribution >= 4 is 17.6 Å². The van der Waals surface area contributed by atoms with Gasteiger partial charge in [0.25, 0.3) is 11.2 Å². The molecule has 1 amide bonds. The van der Waals surface area contributed by atoms with Crippen molar-refractivity contribution in [3.63, 3.8) is 0 Å². The predicted octanol–water partition coefficient (Wildman–Crippen LogP) is 0.860. The van der Waals surface area contributed by atoms with Gasteiger partial charge in [-0.2, -0.15) is 0 Å². The van der Waals surface area contributed by atoms with Gasteiger partial charge in [-0.05, 0) is 12.8 Å². The number of aryl methyl sites for hydroxylation is 1. The Labute approximate surface area is 132 Å². The Morgan fingerprint density at radius 2 is 2.00 bits per heavy atom. The number of carbonyl (C=O) groups excluding carboxylic acids is 1. The van der Waals surface area contributed by atoms with Crippen LogP contribution in [-0.2, 0) is 16.1 Å². The third-order valence-corrected chi connectivity index (χ3v) is 3.31. The zero-order valence-corrected chi connectivity index (χ0v) is 12.8. The highest BCUT2D eigenvalue weighted by molar-refractivity contribution is 5.76. The van der Waals surface area contributed by atoms with Crippen LogP contribution >= 0.6 is 0 Å². The quantitative estimate of drug-likeness (QED) is 0.408. The molecule has 0 spiro atoms. The van der Waals surface area contributed by atoms with E-state index >= 15 is 0 Å². The Morgan fingerprint density at radius 3 is 2.61 bits per heavy atom. The van der Waals surface area contributed by atoms with Crippen LogP contribution in [0.25, 0.3) is 0 Å². The molecule has 0 saturated carbocycles. The fraction of sp³-hybridized carbons (Fsp3) is 0.500. The van der Waals surface area contributed by atoms with Crippen LogP contribution in [0.5, 0.6) is 0 Å². The SMILES string of the molecule is CN(CCC(=O)O)C(=O)CCCCn1cc([N+](=O)[O-])ccc1=O. The maximum absolute atomic E-state index is 11.8. The van der Waals surface area contributed by atoms with Gasteiger partial charge >= 0.3 is 5.97 Å². The molecule has 9 heteroatoms. The van der Waals surface area contributed by atoms with Gasteiger partial charge < -0.3 is 14.6 Å². The van der Waals surface area contributed by atoms with E-state index in [-0.39, 0.29) is 43.1 Å². The van der Waals surface area contributed by atoms with Crippen molar-refractivity contribution in [2.24, 2.45) is 0 Å². The molecule has 0 aliphatic carbocycles. The van der Waals surface area contributed by atoms with Crippen LogP contribution in [-0.4, -0.2) is 45.0 Å². The minimum absolute atomic E-state index is 0.106. The second-order valence-electron chi connectivity index (χ2n) is 5.09. The number of aliphatic carboxylic acids is 1. The summed E-state index contributed by atoms with van der Waals surface area (Å²) in [5.41, 5.74) is -0.491. The summed E-state index contributed by atoms with van der Waals surface area (Å²) in [6.45, 7) is 0.436. The highest BCUT2D eigenvalue weighted by atomic mass is 16.6. The highest BCUT2D eigenvalue weighted by Crippen LogP contribution is 2.08. The molecule has 0 aromatic carbocycles. The van der Waals surface area contributed by atoms with Gasteiger partial charge in [-0.1, -0.05) is 0 Å². The lowest BCUT2D eigenvalue weighted by Crippen LogP contribution is -2.28. The summed E-state index contributed by atoms with van der Waals surface area (Å²) in [6.07, 6.45) is 2.33. The predicted molar refractivity (Wildman–Crippen MR) is 81.1 cm³/mol. The minimum Gasteiger partial charge on any atom is -0.481 e. The Hall–Kier alpha value is -2.71. The van der Waals surface area contributed by atoms with E-state index in [1.807, 2.05) is 0 Å². The average Bonchev–Trinajstić information content (AvgIpc) is 2.50. The summed E-state index contributed by atoms with van der Waals surface area (Å²) < 4.78 is 1.25. The lowest BCUT2D eigenvalue weighted by Gasteiger charge is -2.15. The molecule has 1 N–H and O–H groups in total. The number of carbonyl (C=O) groups is 2. The molecule has 1 aromatic rings. The summed E-state index contributed by atoms with van der Waals surface area (Å²) in [7, 11) is 1.54. The van der Waals surface area contributed by atoms with Gasteiger partial charge in [0.15, 0.2) is 0 Å². The summed E-state index contributed by atoms with van der Waals surface area (Å²) in [4.78, 5) is 45.2. The lowest BCUT2D eigenvalue weighted by atomic mass is 10.2. The Kier molecular flexibility index (Phi) is 6.91. The van der Waals surface area contributed by atoms with Gasteiger partial charge in [0.2, 0.25) is 5.91 Å². The van der Waals surface area contributed by atoms with E-state index in [1.54, 1.807) is 0 Å². The van der Waals surface area contributed by atoms with Gasteiger partial charge in [-0.3, -0.25) is 24.5 Å². The molecule has 1 aromatic heterocycles. The van der Waals surface area contributed by atoms with Gasteiger partial charge in [-0.25, -0.2) is 0 Å². The second-order valence-corrected chi connectivity index (χ2v) is 5.09. The molecular formula is C14H19N3O6. The second kappa shape index (κ2) is 8.66. The number of aromatic nitrogens is 1. The van der Waals surface area contributed by atoms with Gasteiger partial charge in [0.1, 0.15) is 0 Å². The number of nitrogens with zero attached hydrogens (tertiary/aromatic N) is 3. The molecule has 1 heterocycles. The molecule has 1 rings (SSSR count). The molecule has 0 aliphatic rings. The number of hydrogen-bond acceptors (Lipinski definition) is 5. The fourth-order valence-electron chi connectivity index (χ4n) is 1.94. The molecule has 0 radical (unpaired) electrons. The van der Waals surface area contributed by atoms with Crippen molar-refractivity contribution in [3.8, 4) is 0 Å². The first-order valence-corrected chi connectivity index (χ1v) is 7.12. The monoisotopic (exact) mass is 325 g/mol. The van der Waals surface area contributed by atoms with Crippen LogP contribution in [0, 0.1) is 10.1 Å². The number of rotatable bonds is 9. The Balaban J connectivity index is 2.41. The van der Waals surface area contributed by atoms with Crippen molar-refractivity contribution in [2.75, 3.05) is 13.6 Å². The van der Waals surface area contributed by atoms with Crippen LogP contribution in [0.2, 0.25) is 0 Å². The molecule has 0 unspecified atom stereocenters. The molecule has 0 saturated heterocycles. The molecule has 0 fully saturated rings. The first-order chi connectivity index (χ1) is 10.8. The largest absolute Gasteiger partial charge is 0.481 e. The van der Waals surface area contributed by atoms with Crippen LogP contribution in [0.3, 0.4) is 0 Å². The number of carboxylic acids is 1. The van der Waals surface area contributed by atoms with E-state index in [1.165, 1.54) is 22.7 Å². The molecule has 0 bridgehead atoms. The molecule has 23 heavy (non-hydrogen) atoms. The highest BCUT2D eigenvalue weighted by Gasteiger charge is 2.11. The summed E-state index contributed by atoms with van der Waals surface area (Å²) >= 11 is 0. The first kappa shape index (κ1) is 18.3. The number of hydrogen-bond donors (Lipinski definition) is 1. The third-order valence-electron chi connectivity index (χ3n) is 3.31. The number of nitro groups is 1. The van der Waals surface area contributed by atoms with E-state index < -0.39 is 10.9 Å². The maximum Gasteiger partial charge on any atom is 0.305 e. The number of carboxylic acid groups (broad SMARTS) is 1. The maximum atomic E-state index is 11.8. The fourth-order valence-corrected chi connectivity index (χ4v) is 1.94. The molecular weight excluding hydrogens is 306 g/mol. The van der Waals surface area contributed by atoms with Crippen LogP contribution in [0.1, 0.15) is 25.7 Å². The van der Waals surface area contributed by atoms with Crippen LogP contribution in [0.15, 0.2) is 23.1 Å². The van der Waals surface area contributed by atoms with Crippen molar-refractivity contribution < 1.29 is 19.6 Å². The number of pyridine rings is 1. The van der Waals surface area contributed by atoms with E-state index in [4.69, 9.17) is 5.11 Å². The average molecular weight is 325 g/mol. The van der Waals surface area contributed by atoms with E-state index in [0.717, 1.165) is 12.1 Å². The summed E-state index contributed by atoms with van der Waals surface area (Å²) in [6, 6.07) is 2.29. The van der Waals surface area contributed by atoms with Crippen molar-refractivity contribution in [1.29, 1.82) is 0 Å². The Bertz CT molecular complexity index is 640. The van der Waals surface area contributed by atoms with E-state index in [9.17, 15) is 24.5 Å². The number of unbranched alkanes of at least 4 members (excludes halogenated alkanes) is 1. The molecule has 0 atom stereocenters.